The molecule has 4 nitrogen and oxygen atoms in total. The zero-order valence-electron chi connectivity index (χ0n) is 4.70. The third-order valence-electron chi connectivity index (χ3n) is 0.942. The van der Waals surface area contributed by atoms with Gasteiger partial charge in [-0.2, -0.15) is 0 Å². The lowest BCUT2D eigenvalue weighted by atomic mass is 10.6. The Hall–Kier alpha value is -0.260. The Labute approximate surface area is 55.2 Å². The molecule has 0 fully saturated rings. The van der Waals surface area contributed by atoms with Gasteiger partial charge in [-0.3, -0.25) is 9.20 Å². The molecule has 0 spiro atoms. The maximum atomic E-state index is 10.1. The van der Waals surface area contributed by atoms with Crippen molar-refractivity contribution in [2.45, 2.75) is 0 Å². The molecule has 1 aliphatic rings. The Morgan fingerprint density at radius 2 is 2.56 bits per heavy atom. The molecule has 0 amide bonds. The summed E-state index contributed by atoms with van der Waals surface area (Å²) in [5.74, 6) is 0. The normalized spacial score (nSPS) is 23.0. The van der Waals surface area contributed by atoms with Gasteiger partial charge in [-0.25, -0.2) is 0 Å². The summed E-state index contributed by atoms with van der Waals surface area (Å²) in [6.45, 7) is 1.13. The molecule has 52 valence electrons. The lowest BCUT2D eigenvalue weighted by Crippen LogP contribution is -2.21. The first-order chi connectivity index (χ1) is 4.30. The SMILES string of the molecule is O=S([O-])C1=NCCOC1. The van der Waals surface area contributed by atoms with Gasteiger partial charge in [0.1, 0.15) is 5.04 Å². The van der Waals surface area contributed by atoms with Crippen LogP contribution in [0.1, 0.15) is 0 Å². The smallest absolute Gasteiger partial charge is 0.110 e. The summed E-state index contributed by atoms with van der Waals surface area (Å²) in [7, 11) is 0. The minimum atomic E-state index is -2.18. The summed E-state index contributed by atoms with van der Waals surface area (Å²) in [6.07, 6.45) is 0. The summed E-state index contributed by atoms with van der Waals surface area (Å²) < 4.78 is 25.1. The van der Waals surface area contributed by atoms with Gasteiger partial charge in [0.25, 0.3) is 0 Å². The van der Waals surface area contributed by atoms with Crippen molar-refractivity contribution in [3.63, 3.8) is 0 Å². The van der Waals surface area contributed by atoms with Crippen molar-refractivity contribution >= 4 is 16.1 Å². The number of ether oxygens (including phenoxy) is 1. The van der Waals surface area contributed by atoms with E-state index < -0.39 is 11.1 Å². The number of nitrogens with zero attached hydrogens (tertiary/aromatic N) is 1. The molecule has 0 aromatic rings. The highest BCUT2D eigenvalue weighted by Crippen LogP contribution is 1.93. The fraction of sp³-hybridized carbons (Fsp3) is 0.750. The van der Waals surface area contributed by atoms with Gasteiger partial charge in [-0.1, -0.05) is 0 Å². The highest BCUT2D eigenvalue weighted by molar-refractivity contribution is 7.95. The van der Waals surface area contributed by atoms with E-state index in [0.717, 1.165) is 0 Å². The van der Waals surface area contributed by atoms with Crippen molar-refractivity contribution in [1.29, 1.82) is 0 Å². The molecule has 1 atom stereocenters. The van der Waals surface area contributed by atoms with Gasteiger partial charge < -0.3 is 9.29 Å². The van der Waals surface area contributed by atoms with E-state index in [1.54, 1.807) is 0 Å². The summed E-state index contributed by atoms with van der Waals surface area (Å²) in [6, 6.07) is 0. The van der Waals surface area contributed by atoms with Gasteiger partial charge in [0, 0.05) is 0 Å². The van der Waals surface area contributed by atoms with Gasteiger partial charge in [-0.15, -0.1) is 0 Å². The highest BCUT2D eigenvalue weighted by atomic mass is 32.2. The maximum absolute atomic E-state index is 10.1. The Morgan fingerprint density at radius 1 is 1.78 bits per heavy atom. The number of rotatable bonds is 0. The van der Waals surface area contributed by atoms with Crippen molar-refractivity contribution in [2.24, 2.45) is 4.99 Å². The number of hydrogen-bond acceptors (Lipinski definition) is 4. The van der Waals surface area contributed by atoms with Crippen molar-refractivity contribution in [3.05, 3.63) is 0 Å². The molecule has 0 bridgehead atoms. The van der Waals surface area contributed by atoms with Crippen LogP contribution in [0.5, 0.6) is 0 Å². The third kappa shape index (κ3) is 1.85. The zero-order chi connectivity index (χ0) is 6.69. The van der Waals surface area contributed by atoms with Gasteiger partial charge in [0.2, 0.25) is 0 Å². The minimum Gasteiger partial charge on any atom is -0.767 e. The standard InChI is InChI=1S/C4H7NO3S/c6-9(7)4-3-8-2-1-5-4/h1-3H2,(H,6,7)/p-1. The second-order valence-corrected chi connectivity index (χ2v) is 2.50. The van der Waals surface area contributed by atoms with Crippen molar-refractivity contribution in [2.75, 3.05) is 19.8 Å². The van der Waals surface area contributed by atoms with Crippen LogP contribution in [0.15, 0.2) is 4.99 Å². The van der Waals surface area contributed by atoms with E-state index in [2.05, 4.69) is 4.99 Å². The number of aliphatic imine (C=N–C) groups is 1. The third-order valence-corrected chi connectivity index (χ3v) is 1.57. The summed E-state index contributed by atoms with van der Waals surface area (Å²) in [5.41, 5.74) is 0. The predicted octanol–water partition coefficient (Wildman–Crippen LogP) is -0.706. The van der Waals surface area contributed by atoms with Crippen LogP contribution in [0.25, 0.3) is 0 Å². The van der Waals surface area contributed by atoms with E-state index in [4.69, 9.17) is 4.74 Å². The van der Waals surface area contributed by atoms with E-state index in [0.29, 0.717) is 13.2 Å². The van der Waals surface area contributed by atoms with Crippen LogP contribution in [-0.4, -0.2) is 33.6 Å². The molecule has 0 N–H and O–H groups in total. The molecular formula is C4H6NO3S-. The lowest BCUT2D eigenvalue weighted by molar-refractivity contribution is 0.172. The second-order valence-electron chi connectivity index (χ2n) is 1.56. The minimum absolute atomic E-state index is 0.126. The lowest BCUT2D eigenvalue weighted by Gasteiger charge is -2.13. The molecule has 0 saturated heterocycles. The van der Waals surface area contributed by atoms with Gasteiger partial charge in [0.05, 0.1) is 19.8 Å². The first-order valence-electron chi connectivity index (χ1n) is 2.51. The second kappa shape index (κ2) is 3.05. The average molecular weight is 148 g/mol. The summed E-state index contributed by atoms with van der Waals surface area (Å²) in [5, 5.41) is 0.126. The molecule has 0 radical (unpaired) electrons. The Balaban J connectivity index is 2.57. The van der Waals surface area contributed by atoms with Gasteiger partial charge in [-0.05, 0) is 11.1 Å². The fourth-order valence-corrected chi connectivity index (χ4v) is 0.917. The van der Waals surface area contributed by atoms with Gasteiger partial charge in [0.15, 0.2) is 0 Å². The Morgan fingerprint density at radius 3 is 2.89 bits per heavy atom. The van der Waals surface area contributed by atoms with Crippen LogP contribution in [0, 0.1) is 0 Å². The predicted molar refractivity (Wildman–Crippen MR) is 32.0 cm³/mol. The number of hydrogen-bond donors (Lipinski definition) is 0. The van der Waals surface area contributed by atoms with Crippen LogP contribution in [0.3, 0.4) is 0 Å². The molecule has 1 aliphatic heterocycles. The molecule has 1 rings (SSSR count). The van der Waals surface area contributed by atoms with E-state index in [1.807, 2.05) is 0 Å². The highest BCUT2D eigenvalue weighted by Gasteiger charge is 2.03. The topological polar surface area (TPSA) is 61.7 Å². The summed E-state index contributed by atoms with van der Waals surface area (Å²) in [4.78, 5) is 3.71. The Bertz CT molecular complexity index is 156. The first kappa shape index (κ1) is 6.85. The molecule has 0 saturated carbocycles. The average Bonchev–Trinajstić information content (AvgIpc) is 1.90. The van der Waals surface area contributed by atoms with Crippen LogP contribution < -0.4 is 0 Å². The van der Waals surface area contributed by atoms with Crippen LogP contribution in [0.4, 0.5) is 0 Å². The molecule has 5 heteroatoms. The van der Waals surface area contributed by atoms with E-state index >= 15 is 0 Å². The molecule has 1 unspecified atom stereocenters. The van der Waals surface area contributed by atoms with E-state index in [1.165, 1.54) is 0 Å². The molecule has 0 aromatic carbocycles. The van der Waals surface area contributed by atoms with Crippen molar-refractivity contribution in [3.8, 4) is 0 Å². The fourth-order valence-electron chi connectivity index (χ4n) is 0.541. The van der Waals surface area contributed by atoms with Crippen molar-refractivity contribution in [1.82, 2.24) is 0 Å². The molecule has 1 heterocycles. The summed E-state index contributed by atoms with van der Waals surface area (Å²) >= 11 is -2.18. The quantitative estimate of drug-likeness (QED) is 0.426. The van der Waals surface area contributed by atoms with Crippen LogP contribution in [0.2, 0.25) is 0 Å². The maximum Gasteiger partial charge on any atom is 0.110 e. The van der Waals surface area contributed by atoms with E-state index in [9.17, 15) is 8.76 Å². The van der Waals surface area contributed by atoms with E-state index in [-0.39, 0.29) is 11.7 Å². The van der Waals surface area contributed by atoms with Crippen LogP contribution >= 0.6 is 0 Å². The zero-order valence-corrected chi connectivity index (χ0v) is 5.52. The van der Waals surface area contributed by atoms with Crippen LogP contribution in [-0.2, 0) is 15.8 Å². The monoisotopic (exact) mass is 148 g/mol. The van der Waals surface area contributed by atoms with Gasteiger partial charge >= 0.3 is 0 Å². The molecule has 9 heavy (non-hydrogen) atoms. The molecular weight excluding hydrogens is 142 g/mol. The molecule has 0 aromatic heterocycles. The largest absolute Gasteiger partial charge is 0.767 e. The van der Waals surface area contributed by atoms with Crippen molar-refractivity contribution < 1.29 is 13.5 Å². The first-order valence-corrected chi connectivity index (χ1v) is 3.58. The molecule has 0 aliphatic carbocycles. The Kier molecular flexibility index (Phi) is 2.32.